The highest BCUT2D eigenvalue weighted by Crippen LogP contribution is 2.58. The minimum Gasteiger partial charge on any atom is -0.396 e. The molecule has 0 amide bonds. The van der Waals surface area contributed by atoms with Gasteiger partial charge in [-0.05, 0) is 81.3 Å². The molecular formula is C37H55N9O21P4S5. The molecule has 3 aliphatic rings. The maximum Gasteiger partial charge on any atom is 0.330 e. The van der Waals surface area contributed by atoms with E-state index in [0.29, 0.717) is 0 Å². The summed E-state index contributed by atoms with van der Waals surface area (Å²) < 4.78 is 74.6. The number of imidazole rings is 1. The van der Waals surface area contributed by atoms with Crippen molar-refractivity contribution in [2.75, 3.05) is 45.9 Å². The molecule has 424 valence electrons. The molecule has 76 heavy (non-hydrogen) atoms. The summed E-state index contributed by atoms with van der Waals surface area (Å²) in [4.78, 5) is 112. The molecule has 39 heteroatoms. The van der Waals surface area contributed by atoms with Crippen molar-refractivity contribution < 1.29 is 74.9 Å². The molecule has 0 aliphatic carbocycles. The average molecular weight is 1250 g/mol. The number of hydrogen-bond acceptors (Lipinski definition) is 25. The van der Waals surface area contributed by atoms with E-state index in [9.17, 15) is 43.8 Å². The number of rotatable bonds is 25. The van der Waals surface area contributed by atoms with Gasteiger partial charge in [0, 0.05) is 50.1 Å². The molecule has 30 nitrogen and oxygen atoms in total. The zero-order chi connectivity index (χ0) is 55.7. The Morgan fingerprint density at radius 2 is 1.30 bits per heavy atom. The number of H-pyrrole nitrogens is 3. The molecule has 4 aromatic heterocycles. The molecule has 4 aromatic rings. The van der Waals surface area contributed by atoms with Gasteiger partial charge in [0.2, 0.25) is 11.6 Å². The van der Waals surface area contributed by atoms with Crippen LogP contribution in [0.3, 0.4) is 0 Å². The van der Waals surface area contributed by atoms with Gasteiger partial charge in [-0.1, -0.05) is 12.2 Å². The van der Waals surface area contributed by atoms with Crippen LogP contribution in [0.5, 0.6) is 0 Å². The van der Waals surface area contributed by atoms with Gasteiger partial charge in [-0.15, -0.1) is 0 Å². The summed E-state index contributed by atoms with van der Waals surface area (Å²) in [7, 11) is 1.25. The highest BCUT2D eigenvalue weighted by Gasteiger charge is 2.51. The number of aliphatic hydroxyl groups is 1. The van der Waals surface area contributed by atoms with Crippen molar-refractivity contribution in [3.63, 3.8) is 0 Å². The van der Waals surface area contributed by atoms with E-state index in [-0.39, 0.29) is 67.3 Å². The maximum atomic E-state index is 13.1. The van der Waals surface area contributed by atoms with E-state index in [1.165, 1.54) is 44.2 Å². The Balaban J connectivity index is 1.11. The largest absolute Gasteiger partial charge is 0.396 e. The van der Waals surface area contributed by atoms with Crippen LogP contribution >= 0.6 is 38.1 Å². The van der Waals surface area contributed by atoms with Crippen molar-refractivity contribution in [1.29, 1.82) is 0 Å². The zero-order valence-corrected chi connectivity index (χ0v) is 48.4. The zero-order valence-electron chi connectivity index (χ0n) is 40.7. The number of aryl methyl sites for hydroxylation is 2. The Morgan fingerprint density at radius 3 is 1.92 bits per heavy atom. The molecule has 9 N–H and O–H groups in total. The Bertz CT molecular complexity index is 3250. The lowest BCUT2D eigenvalue weighted by Crippen LogP contribution is -2.40. The first kappa shape index (κ1) is 61.4. The van der Waals surface area contributed by atoms with Crippen LogP contribution in [0.4, 0.5) is 5.95 Å². The fourth-order valence-corrected chi connectivity index (χ4v) is 14.7. The lowest BCUT2D eigenvalue weighted by molar-refractivity contribution is -0.0633. The predicted molar refractivity (Wildman–Crippen MR) is 286 cm³/mol. The molecule has 0 bridgehead atoms. The van der Waals surface area contributed by atoms with Crippen LogP contribution in [-0.2, 0) is 102 Å². The SMILES string of the molecule is COC1[C@@H](OP(O)(=S)OCCCO)[C@@H](COP(O)(=S)O[C@@H]2C[C@H](n3cc(C)c(=O)[nH]c3=O)O[C@@H]2COP(=S)(S)O[C@@H]2C[C@H](n3cnc4c(=O)[nH]c(N)nc43)O[C@@H]2COP(O)(=S)OC(C)C)O[C@H]1n1cc(C)c(=O)[nH]c1=O. The number of nitrogen functional groups attached to an aromatic ring is 1. The van der Waals surface area contributed by atoms with Crippen molar-refractivity contribution in [3.8, 4) is 0 Å². The Hall–Kier alpha value is -2.18. The number of nitrogens with one attached hydrogen (secondary N) is 3. The number of thiol groups is 1. The minimum absolute atomic E-state index is 0.00349. The second-order valence-corrected chi connectivity index (χ2v) is 31.0. The molecular weight excluding hydrogens is 1190 g/mol. The van der Waals surface area contributed by atoms with Crippen molar-refractivity contribution in [3.05, 3.63) is 81.9 Å². The molecule has 0 spiro atoms. The average Bonchev–Trinajstić information content (AvgIpc) is 4.11. The number of fused-ring (bicyclic) bond motifs is 1. The minimum atomic E-state index is -4.46. The van der Waals surface area contributed by atoms with Gasteiger partial charge in [-0.3, -0.25) is 47.6 Å². The molecule has 3 fully saturated rings. The molecule has 7 heterocycles. The Kier molecular flexibility index (Phi) is 20.5. The first-order valence-electron chi connectivity index (χ1n) is 22.7. The highest BCUT2D eigenvalue weighted by molar-refractivity contribution is 8.60. The van der Waals surface area contributed by atoms with Crippen LogP contribution in [0.25, 0.3) is 11.2 Å². The molecule has 0 aromatic carbocycles. The van der Waals surface area contributed by atoms with Crippen LogP contribution in [0.15, 0.2) is 42.7 Å². The Morgan fingerprint density at radius 1 is 0.750 bits per heavy atom. The van der Waals surface area contributed by atoms with Gasteiger partial charge in [0.15, 0.2) is 17.4 Å². The number of aromatic amines is 3. The van der Waals surface area contributed by atoms with Gasteiger partial charge < -0.3 is 76.1 Å². The van der Waals surface area contributed by atoms with Crippen LogP contribution in [0, 0.1) is 13.8 Å². The predicted octanol–water partition coefficient (Wildman–Crippen LogP) is 0.741. The van der Waals surface area contributed by atoms with Gasteiger partial charge in [0.25, 0.3) is 16.7 Å². The number of anilines is 1. The third kappa shape index (κ3) is 15.4. The van der Waals surface area contributed by atoms with E-state index in [1.54, 1.807) is 13.8 Å². The van der Waals surface area contributed by atoms with Gasteiger partial charge in [-0.2, -0.15) is 4.98 Å². The summed E-state index contributed by atoms with van der Waals surface area (Å²) in [5.74, 6) is -0.184. The van der Waals surface area contributed by atoms with Gasteiger partial charge in [0.05, 0.1) is 51.1 Å². The third-order valence-electron chi connectivity index (χ3n) is 11.5. The van der Waals surface area contributed by atoms with Gasteiger partial charge in [0.1, 0.15) is 43.0 Å². The number of nitrogens with two attached hydrogens (primary N) is 1. The first-order chi connectivity index (χ1) is 35.6. The van der Waals surface area contributed by atoms with E-state index in [0.717, 1.165) is 9.13 Å². The number of methoxy groups -OCH3 is 1. The van der Waals surface area contributed by atoms with Crippen molar-refractivity contribution in [2.45, 2.75) is 114 Å². The summed E-state index contributed by atoms with van der Waals surface area (Å²) in [6.45, 7) is -8.19. The maximum absolute atomic E-state index is 13.1. The molecule has 0 saturated carbocycles. The van der Waals surface area contributed by atoms with Crippen molar-refractivity contribution in [1.82, 2.24) is 38.6 Å². The smallest absolute Gasteiger partial charge is 0.330 e. The molecule has 14 atom stereocenters. The van der Waals surface area contributed by atoms with Crippen LogP contribution in [-0.4, -0.2) is 147 Å². The highest BCUT2D eigenvalue weighted by atomic mass is 32.9. The van der Waals surface area contributed by atoms with Crippen LogP contribution in [0.2, 0.25) is 0 Å². The fraction of sp³-hybridized carbons (Fsp3) is 0.649. The summed E-state index contributed by atoms with van der Waals surface area (Å²) in [5, 5.41) is 9.25. The lowest BCUT2D eigenvalue weighted by Gasteiger charge is -2.29. The molecule has 7 rings (SSSR count). The van der Waals surface area contributed by atoms with E-state index >= 15 is 0 Å². The molecule has 3 aliphatic heterocycles. The third-order valence-corrected chi connectivity index (χ3v) is 18.6. The Labute approximate surface area is 455 Å². The number of nitrogens with zero attached hydrogens (tertiary/aromatic N) is 5. The number of aliphatic hydroxyl groups excluding tert-OH is 1. The second kappa shape index (κ2) is 25.3. The molecule has 3 saturated heterocycles. The second-order valence-electron chi connectivity index (χ2n) is 17.4. The standard InChI is InChI=1S/C37H55N9O21P4S5/c1-17(2)64-69(54,73)58-13-22-21(10-26(62-22)46-16-39-27-30(46)40-35(38)41-33(27)50)66-71(75,76)60-14-23-20(9-25(61-23)44-11-18(3)31(48)42-36(44)51)65-70(55,74)59-15-24-28(67-68(53,72)57-8-6-7-47)29(56-5)34(63-24)45-12-19(4)32(49)43-37(45)52/h11-12,16-17,20-26,28-29,34,47H,6-10,13-15H2,1-5H3,(H,53,72)(H,54,73)(H,55,74)(H,75,76)(H,42,48,51)(H,43,49,52)(H3,38,40,41,50)/t20-,21-,22-,23-,24-,25-,26-,28+,29?,34-,68?,69?,70?/m1/s1. The number of aromatic nitrogens is 8. The lowest BCUT2D eigenvalue weighted by atomic mass is 10.1. The molecule has 0 radical (unpaired) electrons. The van der Waals surface area contributed by atoms with E-state index in [1.807, 2.05) is 0 Å². The van der Waals surface area contributed by atoms with Gasteiger partial charge in [-0.25, -0.2) is 14.6 Å². The van der Waals surface area contributed by atoms with E-state index in [4.69, 9.17) is 108 Å². The topological polar surface area (TPSA) is 391 Å². The fourth-order valence-electron chi connectivity index (χ4n) is 8.07. The van der Waals surface area contributed by atoms with Crippen molar-refractivity contribution in [2.24, 2.45) is 0 Å². The van der Waals surface area contributed by atoms with Gasteiger partial charge >= 0.3 is 31.5 Å². The summed E-state index contributed by atoms with van der Waals surface area (Å²) in [5.41, 5.74) is -1.20. The van der Waals surface area contributed by atoms with E-state index in [2.05, 4.69) is 37.2 Å². The number of hydrogen-bond donors (Lipinski definition) is 9. The molecule has 5 unspecified atom stereocenters. The first-order valence-corrected chi connectivity index (χ1v) is 34.2. The summed E-state index contributed by atoms with van der Waals surface area (Å²) in [6, 6.07) is 0. The normalized spacial score (nSPS) is 28.1. The summed E-state index contributed by atoms with van der Waals surface area (Å²) in [6.07, 6.45) is -8.82. The van der Waals surface area contributed by atoms with Crippen LogP contribution < -0.4 is 33.8 Å². The van der Waals surface area contributed by atoms with Crippen molar-refractivity contribution >= 4 is 102 Å². The van der Waals surface area contributed by atoms with Crippen LogP contribution in [0.1, 0.15) is 62.9 Å². The monoisotopic (exact) mass is 1250 g/mol. The summed E-state index contributed by atoms with van der Waals surface area (Å²) >= 11 is 26.3. The van der Waals surface area contributed by atoms with E-state index < -0.39 is 135 Å². The number of ether oxygens (including phenoxy) is 4. The quantitative estimate of drug-likeness (QED) is 0.0251.